The zero-order chi connectivity index (χ0) is 40.9. The molecule has 3 N–H and O–H groups in total. The smallest absolute Gasteiger partial charge is 0.329 e. The lowest BCUT2D eigenvalue weighted by molar-refractivity contribution is -0.149. The summed E-state index contributed by atoms with van der Waals surface area (Å²) < 4.78 is 11.7. The summed E-state index contributed by atoms with van der Waals surface area (Å²) in [7, 11) is 3.65. The molecular weight excluding hydrogens is 735 g/mol. The summed E-state index contributed by atoms with van der Waals surface area (Å²) in [6.07, 6.45) is 1.89. The highest BCUT2D eigenvalue weighted by Crippen LogP contribution is 2.34. The average Bonchev–Trinajstić information content (AvgIpc) is 3.68. The van der Waals surface area contributed by atoms with Crippen LogP contribution >= 0.6 is 11.3 Å². The second kappa shape index (κ2) is 21.0. The third kappa shape index (κ3) is 11.9. The number of likely N-dealkylation sites (N-methyl/N-ethyl adjacent to an activating group) is 2. The van der Waals surface area contributed by atoms with Crippen molar-refractivity contribution in [3.63, 3.8) is 0 Å². The number of carbonyl (C=O) groups excluding carboxylic acids is 4. The van der Waals surface area contributed by atoms with Crippen molar-refractivity contribution in [1.29, 1.82) is 0 Å². The van der Waals surface area contributed by atoms with E-state index in [0.29, 0.717) is 22.6 Å². The van der Waals surface area contributed by atoms with Gasteiger partial charge in [0.15, 0.2) is 6.10 Å². The summed E-state index contributed by atoms with van der Waals surface area (Å²) in [4.78, 5) is 74.0. The minimum absolute atomic E-state index is 0.0742. The molecule has 2 aromatic carbocycles. The molecule has 1 saturated heterocycles. The number of carbonyl (C=O) groups is 5. The number of hydrogen-bond donors (Lipinski definition) is 3. The Kier molecular flexibility index (Phi) is 16.5. The molecule has 3 amide bonds. The number of carboxylic acid groups (broad SMARTS) is 1. The van der Waals surface area contributed by atoms with Crippen molar-refractivity contribution in [1.82, 2.24) is 25.4 Å². The van der Waals surface area contributed by atoms with Crippen LogP contribution in [0.3, 0.4) is 0 Å². The van der Waals surface area contributed by atoms with Crippen molar-refractivity contribution in [2.45, 2.75) is 103 Å². The van der Waals surface area contributed by atoms with Crippen molar-refractivity contribution < 1.29 is 38.6 Å². The lowest BCUT2D eigenvalue weighted by Gasteiger charge is -2.38. The average molecular weight is 792 g/mol. The van der Waals surface area contributed by atoms with Crippen LogP contribution in [0.1, 0.15) is 112 Å². The molecule has 13 nitrogen and oxygen atoms in total. The van der Waals surface area contributed by atoms with E-state index in [0.717, 1.165) is 37.1 Å². The summed E-state index contributed by atoms with van der Waals surface area (Å²) in [6.45, 7) is 9.45. The van der Waals surface area contributed by atoms with Crippen LogP contribution in [0.25, 0.3) is 0 Å². The molecule has 0 unspecified atom stereocenters. The van der Waals surface area contributed by atoms with Gasteiger partial charge in [-0.15, -0.1) is 11.3 Å². The van der Waals surface area contributed by atoms with Gasteiger partial charge in [0.05, 0.1) is 12.1 Å². The van der Waals surface area contributed by atoms with Crippen molar-refractivity contribution in [2.24, 2.45) is 11.8 Å². The SMILES string of the molecule is CC[C@H](C)[C@H](NC(=O)[C@H]1CCCCN1C)C(=O)N(C)[C@H](C[C@@H](OC(C)=O)c1nc(C(=O)N[C@H](c2ccccc2)[C@@H](OCC(=O)O)c2ccccc2)cs1)C(C)C. The van der Waals surface area contributed by atoms with Gasteiger partial charge < -0.3 is 30.1 Å². The summed E-state index contributed by atoms with van der Waals surface area (Å²) in [6, 6.07) is 15.9. The molecule has 7 atom stereocenters. The Morgan fingerprint density at radius 1 is 0.982 bits per heavy atom. The molecule has 1 aromatic heterocycles. The zero-order valence-electron chi connectivity index (χ0n) is 33.5. The first-order valence-electron chi connectivity index (χ1n) is 19.4. The van der Waals surface area contributed by atoms with E-state index in [1.54, 1.807) is 29.5 Å². The van der Waals surface area contributed by atoms with Gasteiger partial charge in [0.1, 0.15) is 29.5 Å². The second-order valence-electron chi connectivity index (χ2n) is 14.9. The Morgan fingerprint density at radius 2 is 1.62 bits per heavy atom. The molecule has 2 heterocycles. The highest BCUT2D eigenvalue weighted by Gasteiger charge is 2.37. The number of aromatic nitrogens is 1. The van der Waals surface area contributed by atoms with Crippen LogP contribution in [-0.2, 0) is 28.7 Å². The number of likely N-dealkylation sites (tertiary alicyclic amines) is 1. The zero-order valence-corrected chi connectivity index (χ0v) is 34.3. The number of rotatable bonds is 19. The number of nitrogens with one attached hydrogen (secondary N) is 2. The van der Waals surface area contributed by atoms with Crippen LogP contribution < -0.4 is 10.6 Å². The van der Waals surface area contributed by atoms with E-state index >= 15 is 0 Å². The molecule has 0 aliphatic carbocycles. The van der Waals surface area contributed by atoms with Crippen molar-refractivity contribution in [3.05, 3.63) is 87.9 Å². The van der Waals surface area contributed by atoms with Crippen LogP contribution in [0.15, 0.2) is 66.0 Å². The summed E-state index contributed by atoms with van der Waals surface area (Å²) in [5.74, 6) is -2.80. The Morgan fingerprint density at radius 3 is 2.20 bits per heavy atom. The fourth-order valence-electron chi connectivity index (χ4n) is 7.16. The standard InChI is InChI=1S/C42H57N5O8S/c1-8-27(4)36(44-40(52)32-21-15-16-22-46(32)6)42(53)47(7)33(26(2)3)23-34(55-28(5)48)41-43-31(25-56-41)39(51)45-37(29-17-11-9-12-18-29)38(54-24-35(49)50)30-19-13-10-14-20-30/h9-14,17-20,25-27,32-34,36-38H,8,15-16,21-24H2,1-7H3,(H,44,52)(H,45,51)(H,49,50)/t27-,32+,33+,34+,36-,37+,38-/m0/s1. The minimum Gasteiger partial charge on any atom is -0.480 e. The number of hydrogen-bond acceptors (Lipinski definition) is 10. The molecule has 4 rings (SSSR count). The van der Waals surface area contributed by atoms with Gasteiger partial charge >= 0.3 is 11.9 Å². The first-order chi connectivity index (χ1) is 26.7. The van der Waals surface area contributed by atoms with Crippen molar-refractivity contribution in [2.75, 3.05) is 27.2 Å². The largest absolute Gasteiger partial charge is 0.480 e. The van der Waals surface area contributed by atoms with Crippen LogP contribution in [-0.4, -0.2) is 94.9 Å². The number of carboxylic acids is 1. The number of thiazole rings is 1. The van der Waals surface area contributed by atoms with Crippen molar-refractivity contribution >= 4 is 41.0 Å². The van der Waals surface area contributed by atoms with E-state index in [1.807, 2.05) is 88.2 Å². The summed E-state index contributed by atoms with van der Waals surface area (Å²) in [5.41, 5.74) is 1.44. The van der Waals surface area contributed by atoms with Gasteiger partial charge in [-0.05, 0) is 49.4 Å². The van der Waals surface area contributed by atoms with Gasteiger partial charge in [-0.1, -0.05) is 101 Å². The maximum Gasteiger partial charge on any atom is 0.329 e. The molecule has 1 aliphatic heterocycles. The van der Waals surface area contributed by atoms with Gasteiger partial charge in [0, 0.05) is 31.8 Å². The molecule has 0 bridgehead atoms. The minimum atomic E-state index is -1.15. The third-order valence-electron chi connectivity index (χ3n) is 10.5. The summed E-state index contributed by atoms with van der Waals surface area (Å²) in [5, 5.41) is 17.5. The predicted molar refractivity (Wildman–Crippen MR) is 214 cm³/mol. The molecule has 1 aliphatic rings. The highest BCUT2D eigenvalue weighted by atomic mass is 32.1. The van der Waals surface area contributed by atoms with E-state index in [9.17, 15) is 29.1 Å². The van der Waals surface area contributed by atoms with E-state index < -0.39 is 54.8 Å². The van der Waals surface area contributed by atoms with Gasteiger partial charge in [0.2, 0.25) is 11.8 Å². The number of benzene rings is 2. The van der Waals surface area contributed by atoms with Crippen molar-refractivity contribution in [3.8, 4) is 0 Å². The van der Waals surface area contributed by atoms with Crippen LogP contribution in [0.4, 0.5) is 0 Å². The molecule has 0 saturated carbocycles. The molecule has 304 valence electrons. The Hall–Kier alpha value is -4.66. The first-order valence-corrected chi connectivity index (χ1v) is 20.2. The molecule has 0 radical (unpaired) electrons. The van der Waals surface area contributed by atoms with Crippen LogP contribution in [0.5, 0.6) is 0 Å². The van der Waals surface area contributed by atoms with Gasteiger partial charge in [-0.3, -0.25) is 24.1 Å². The number of aliphatic carboxylic acids is 1. The van der Waals surface area contributed by atoms with Crippen LogP contribution in [0.2, 0.25) is 0 Å². The fourth-order valence-corrected chi connectivity index (χ4v) is 8.00. The number of esters is 1. The van der Waals surface area contributed by atoms with Gasteiger partial charge in [-0.2, -0.15) is 0 Å². The molecule has 3 aromatic rings. The molecule has 1 fully saturated rings. The van der Waals surface area contributed by atoms with E-state index in [-0.39, 0.29) is 41.8 Å². The maximum absolute atomic E-state index is 14.3. The topological polar surface area (TPSA) is 167 Å². The molecule has 14 heteroatoms. The number of nitrogens with zero attached hydrogens (tertiary/aromatic N) is 3. The number of piperidine rings is 1. The third-order valence-corrected chi connectivity index (χ3v) is 11.5. The Bertz CT molecular complexity index is 1760. The normalized spacial score (nSPS) is 17.8. The molecule has 56 heavy (non-hydrogen) atoms. The van der Waals surface area contributed by atoms with Gasteiger partial charge in [0.25, 0.3) is 5.91 Å². The van der Waals surface area contributed by atoms with Gasteiger partial charge in [-0.25, -0.2) is 9.78 Å². The van der Waals surface area contributed by atoms with E-state index in [1.165, 1.54) is 6.92 Å². The van der Waals surface area contributed by atoms with Crippen LogP contribution in [0, 0.1) is 11.8 Å². The molecular formula is C42H57N5O8S. The summed E-state index contributed by atoms with van der Waals surface area (Å²) >= 11 is 1.16. The van der Waals surface area contributed by atoms with E-state index in [2.05, 4.69) is 15.6 Å². The Labute approximate surface area is 334 Å². The number of amides is 3. The highest BCUT2D eigenvalue weighted by molar-refractivity contribution is 7.09. The van der Waals surface area contributed by atoms with E-state index in [4.69, 9.17) is 9.47 Å². The predicted octanol–water partition coefficient (Wildman–Crippen LogP) is 5.95. The quantitative estimate of drug-likeness (QED) is 0.124. The maximum atomic E-state index is 14.3. The number of ether oxygens (including phenoxy) is 2. The molecule has 0 spiro atoms. The second-order valence-corrected chi connectivity index (χ2v) is 15.8. The lowest BCUT2D eigenvalue weighted by Crippen LogP contribution is -2.58. The fraction of sp³-hybridized carbons (Fsp3) is 0.524. The monoisotopic (exact) mass is 791 g/mol. The Balaban J connectivity index is 1.58. The lowest BCUT2D eigenvalue weighted by atomic mass is 9.92. The first kappa shape index (κ1) is 44.1.